The van der Waals surface area contributed by atoms with Crippen molar-refractivity contribution < 1.29 is 32.3 Å². The molecule has 1 N–H and O–H groups in total. The average molecular weight is 226 g/mol. The van der Waals surface area contributed by atoms with E-state index in [1.165, 1.54) is 0 Å². The topological polar surface area (TPSA) is 107 Å². The van der Waals surface area contributed by atoms with Gasteiger partial charge in [-0.3, -0.25) is 4.55 Å². The molecule has 0 aromatic heterocycles. The second-order valence-corrected chi connectivity index (χ2v) is 4.90. The van der Waals surface area contributed by atoms with E-state index in [0.717, 1.165) is 20.8 Å². The minimum atomic E-state index is -4.62. The molecule has 0 aliphatic heterocycles. The third-order valence-electron chi connectivity index (χ3n) is 1.37. The Kier molecular flexibility index (Phi) is 3.60. The van der Waals surface area contributed by atoms with Crippen LogP contribution in [0.2, 0.25) is 0 Å². The molecule has 0 unspecified atom stereocenters. The molecule has 0 saturated heterocycles. The molecule has 0 aliphatic carbocycles. The van der Waals surface area contributed by atoms with Crippen molar-refractivity contribution in [2.45, 2.75) is 25.5 Å². The summed E-state index contributed by atoms with van der Waals surface area (Å²) >= 11 is 0. The smallest absolute Gasteiger partial charge is 0.285 e. The van der Waals surface area contributed by atoms with Gasteiger partial charge in [-0.15, -0.1) is 0 Å². The van der Waals surface area contributed by atoms with Gasteiger partial charge < -0.3 is 0 Å². The number of rotatable bonds is 2. The van der Waals surface area contributed by atoms with E-state index < -0.39 is 26.8 Å². The van der Waals surface area contributed by atoms with Crippen LogP contribution in [0.4, 0.5) is 0 Å². The lowest BCUT2D eigenvalue weighted by molar-refractivity contribution is -0.258. The van der Waals surface area contributed by atoms with Crippen LogP contribution in [0.3, 0.4) is 0 Å². The monoisotopic (exact) mass is 226 g/mol. The number of hydrogen-bond donors (Lipinski definition) is 1. The predicted molar refractivity (Wildman–Crippen MR) is 43.5 cm³/mol. The summed E-state index contributed by atoms with van der Waals surface area (Å²) in [6.07, 6.45) is 0. The molecule has 0 amide bonds. The van der Waals surface area contributed by atoms with Gasteiger partial charge in [0, 0.05) is 6.92 Å². The van der Waals surface area contributed by atoms with E-state index >= 15 is 0 Å². The molecule has 0 rings (SSSR count). The SMILES string of the molecule is CC(=O)OOC(=O)C(C)(C)S(=O)(=O)O. The lowest BCUT2D eigenvalue weighted by Gasteiger charge is -2.16. The summed E-state index contributed by atoms with van der Waals surface area (Å²) in [6.45, 7) is 2.79. The molecular weight excluding hydrogens is 216 g/mol. The highest BCUT2D eigenvalue weighted by Gasteiger charge is 2.44. The first-order chi connectivity index (χ1) is 6.09. The molecule has 82 valence electrons. The number of carbonyl (C=O) groups is 2. The number of carbonyl (C=O) groups excluding carboxylic acids is 2. The molecule has 0 saturated carbocycles. The predicted octanol–water partition coefficient (Wildman–Crippen LogP) is -0.326. The molecular formula is C6H10O7S. The van der Waals surface area contributed by atoms with Crippen LogP contribution >= 0.6 is 0 Å². The Morgan fingerprint density at radius 2 is 1.64 bits per heavy atom. The fourth-order valence-electron chi connectivity index (χ4n) is 0.302. The summed E-state index contributed by atoms with van der Waals surface area (Å²) in [5.41, 5.74) is 0. The van der Waals surface area contributed by atoms with Crippen LogP contribution in [0.15, 0.2) is 0 Å². The molecule has 7 nitrogen and oxygen atoms in total. The maximum atomic E-state index is 11.0. The highest BCUT2D eigenvalue weighted by Crippen LogP contribution is 2.16. The van der Waals surface area contributed by atoms with Gasteiger partial charge in [0.05, 0.1) is 0 Å². The van der Waals surface area contributed by atoms with Gasteiger partial charge in [0.1, 0.15) is 0 Å². The average Bonchev–Trinajstić information content (AvgIpc) is 1.97. The fourth-order valence-corrected chi connectivity index (χ4v) is 0.547. The van der Waals surface area contributed by atoms with Crippen molar-refractivity contribution in [1.29, 1.82) is 0 Å². The van der Waals surface area contributed by atoms with Gasteiger partial charge in [-0.25, -0.2) is 19.4 Å². The fraction of sp³-hybridized carbons (Fsp3) is 0.667. The van der Waals surface area contributed by atoms with Gasteiger partial charge >= 0.3 is 11.9 Å². The van der Waals surface area contributed by atoms with Crippen LogP contribution in [-0.4, -0.2) is 29.7 Å². The molecule has 0 aromatic rings. The van der Waals surface area contributed by atoms with Crippen molar-refractivity contribution in [2.75, 3.05) is 0 Å². The first-order valence-corrected chi connectivity index (χ1v) is 4.89. The first kappa shape index (κ1) is 12.8. The highest BCUT2D eigenvalue weighted by molar-refractivity contribution is 7.88. The zero-order valence-electron chi connectivity index (χ0n) is 7.80. The lowest BCUT2D eigenvalue weighted by atomic mass is 10.2. The van der Waals surface area contributed by atoms with Crippen molar-refractivity contribution >= 4 is 22.1 Å². The molecule has 0 aromatic carbocycles. The molecule has 8 heteroatoms. The quantitative estimate of drug-likeness (QED) is 0.390. The maximum absolute atomic E-state index is 11.0. The molecule has 0 aliphatic rings. The Labute approximate surface area is 80.7 Å². The largest absolute Gasteiger partial charge is 0.378 e. The van der Waals surface area contributed by atoms with Crippen molar-refractivity contribution in [3.05, 3.63) is 0 Å². The normalized spacial score (nSPS) is 12.0. The minimum Gasteiger partial charge on any atom is -0.285 e. The van der Waals surface area contributed by atoms with Crippen molar-refractivity contribution in [3.63, 3.8) is 0 Å². The van der Waals surface area contributed by atoms with Crippen LogP contribution in [0.1, 0.15) is 20.8 Å². The Hall–Kier alpha value is -1.15. The Morgan fingerprint density at radius 1 is 1.21 bits per heavy atom. The van der Waals surface area contributed by atoms with Crippen molar-refractivity contribution in [2.24, 2.45) is 0 Å². The molecule has 0 spiro atoms. The molecule has 0 atom stereocenters. The van der Waals surface area contributed by atoms with Crippen molar-refractivity contribution in [1.82, 2.24) is 0 Å². The van der Waals surface area contributed by atoms with Gasteiger partial charge in [-0.1, -0.05) is 0 Å². The van der Waals surface area contributed by atoms with E-state index in [1.54, 1.807) is 0 Å². The Bertz CT molecular complexity index is 339. The zero-order valence-corrected chi connectivity index (χ0v) is 8.62. The second kappa shape index (κ2) is 3.93. The summed E-state index contributed by atoms with van der Waals surface area (Å²) in [4.78, 5) is 28.9. The second-order valence-electron chi connectivity index (χ2n) is 2.93. The molecule has 0 heterocycles. The van der Waals surface area contributed by atoms with Crippen LogP contribution < -0.4 is 0 Å². The van der Waals surface area contributed by atoms with Gasteiger partial charge in [-0.05, 0) is 13.8 Å². The van der Waals surface area contributed by atoms with Crippen LogP contribution in [-0.2, 0) is 29.5 Å². The minimum absolute atomic E-state index is 0.911. The van der Waals surface area contributed by atoms with E-state index in [4.69, 9.17) is 4.55 Å². The van der Waals surface area contributed by atoms with E-state index in [9.17, 15) is 18.0 Å². The summed E-state index contributed by atoms with van der Waals surface area (Å²) in [6, 6.07) is 0. The first-order valence-electron chi connectivity index (χ1n) is 3.45. The standard InChI is InChI=1S/C6H10O7S/c1-4(7)12-13-5(8)6(2,3)14(9,10)11/h1-3H3,(H,9,10,11). The lowest BCUT2D eigenvalue weighted by Crippen LogP contribution is -2.41. The number of hydrogen-bond acceptors (Lipinski definition) is 6. The summed E-state index contributed by atoms with van der Waals surface area (Å²) in [5.74, 6) is -2.29. The van der Waals surface area contributed by atoms with Gasteiger partial charge in [0.15, 0.2) is 4.75 Å². The Morgan fingerprint density at radius 3 is 1.93 bits per heavy atom. The molecule has 0 bridgehead atoms. The van der Waals surface area contributed by atoms with E-state index in [2.05, 4.69) is 9.78 Å². The van der Waals surface area contributed by atoms with Crippen LogP contribution in [0, 0.1) is 0 Å². The molecule has 14 heavy (non-hydrogen) atoms. The zero-order chi connectivity index (χ0) is 11.6. The molecule has 0 radical (unpaired) electrons. The summed E-state index contributed by atoms with van der Waals surface area (Å²) in [7, 11) is -4.62. The highest BCUT2D eigenvalue weighted by atomic mass is 32.2. The third kappa shape index (κ3) is 2.96. The van der Waals surface area contributed by atoms with E-state index in [-0.39, 0.29) is 0 Å². The maximum Gasteiger partial charge on any atom is 0.378 e. The van der Waals surface area contributed by atoms with Crippen LogP contribution in [0.25, 0.3) is 0 Å². The van der Waals surface area contributed by atoms with Crippen LogP contribution in [0.5, 0.6) is 0 Å². The summed E-state index contributed by atoms with van der Waals surface area (Å²) < 4.78 is 27.7. The summed E-state index contributed by atoms with van der Waals surface area (Å²) in [5, 5.41) is 0. The van der Waals surface area contributed by atoms with E-state index in [0.29, 0.717) is 0 Å². The van der Waals surface area contributed by atoms with Gasteiger partial charge in [-0.2, -0.15) is 8.42 Å². The van der Waals surface area contributed by atoms with Crippen molar-refractivity contribution in [3.8, 4) is 0 Å². The van der Waals surface area contributed by atoms with E-state index in [1.807, 2.05) is 0 Å². The third-order valence-corrected chi connectivity index (χ3v) is 2.83. The Balaban J connectivity index is 4.62. The van der Waals surface area contributed by atoms with Gasteiger partial charge in [0.25, 0.3) is 10.1 Å². The molecule has 0 fully saturated rings. The van der Waals surface area contributed by atoms with Gasteiger partial charge in [0.2, 0.25) is 0 Å².